The maximum atomic E-state index is 12.8. The molecule has 1 aromatic heterocycles. The first-order valence-corrected chi connectivity index (χ1v) is 7.03. The Morgan fingerprint density at radius 1 is 1.33 bits per heavy atom. The summed E-state index contributed by atoms with van der Waals surface area (Å²) in [4.78, 5) is 9.91. The first-order valence-electron chi connectivity index (χ1n) is 7.03. The lowest BCUT2D eigenvalue weighted by Gasteiger charge is -2.27. The minimum absolute atomic E-state index is 0.0969. The molecule has 2 rings (SSSR count). The van der Waals surface area contributed by atoms with Crippen molar-refractivity contribution >= 4 is 11.6 Å². The Morgan fingerprint density at radius 3 is 2.48 bits per heavy atom. The van der Waals surface area contributed by atoms with Gasteiger partial charge >= 0.3 is 6.18 Å². The second kappa shape index (κ2) is 6.05. The van der Waals surface area contributed by atoms with E-state index in [1.807, 2.05) is 6.92 Å². The summed E-state index contributed by atoms with van der Waals surface area (Å²) in [5.74, 6) is 6.66. The van der Waals surface area contributed by atoms with Crippen LogP contribution in [0, 0.1) is 6.92 Å². The Balaban J connectivity index is 2.40. The maximum Gasteiger partial charge on any atom is 0.405 e. The first kappa shape index (κ1) is 15.8. The van der Waals surface area contributed by atoms with Crippen molar-refractivity contribution in [2.75, 3.05) is 16.9 Å². The van der Waals surface area contributed by atoms with E-state index in [9.17, 15) is 13.2 Å². The standard InChI is InChI=1S/C13H20F3N5/c1-3-4-10-18-11(20-17)8(2)12(19-10)21(9-5-6-9)7-13(14,15)16/h9H,3-7,17H2,1-2H3,(H,18,19,20). The van der Waals surface area contributed by atoms with Gasteiger partial charge in [0.05, 0.1) is 0 Å². The number of hydrogen-bond acceptors (Lipinski definition) is 5. The van der Waals surface area contributed by atoms with E-state index in [0.29, 0.717) is 29.4 Å². The third-order valence-electron chi connectivity index (χ3n) is 3.39. The number of aryl methyl sites for hydroxylation is 1. The van der Waals surface area contributed by atoms with Crippen LogP contribution >= 0.6 is 0 Å². The van der Waals surface area contributed by atoms with E-state index >= 15 is 0 Å². The van der Waals surface area contributed by atoms with Crippen LogP contribution in [0.4, 0.5) is 24.8 Å². The number of nitrogens with one attached hydrogen (secondary N) is 1. The quantitative estimate of drug-likeness (QED) is 0.624. The van der Waals surface area contributed by atoms with Crippen molar-refractivity contribution in [3.05, 3.63) is 11.4 Å². The predicted octanol–water partition coefficient (Wildman–Crippen LogP) is 2.55. The van der Waals surface area contributed by atoms with Crippen LogP contribution in [0.5, 0.6) is 0 Å². The molecule has 21 heavy (non-hydrogen) atoms. The van der Waals surface area contributed by atoms with Crippen molar-refractivity contribution in [2.24, 2.45) is 5.84 Å². The summed E-state index contributed by atoms with van der Waals surface area (Å²) >= 11 is 0. The molecule has 118 valence electrons. The molecule has 0 spiro atoms. The Labute approximate surface area is 121 Å². The molecule has 0 saturated heterocycles. The van der Waals surface area contributed by atoms with Gasteiger partial charge in [0.2, 0.25) is 0 Å². The van der Waals surface area contributed by atoms with Gasteiger partial charge in [-0.2, -0.15) is 13.2 Å². The van der Waals surface area contributed by atoms with Crippen LogP contribution in [-0.4, -0.2) is 28.7 Å². The lowest BCUT2D eigenvalue weighted by Crippen LogP contribution is -2.37. The normalized spacial score (nSPS) is 15.1. The number of hydrazine groups is 1. The van der Waals surface area contributed by atoms with E-state index < -0.39 is 12.7 Å². The van der Waals surface area contributed by atoms with Gasteiger partial charge in [0.1, 0.15) is 24.0 Å². The highest BCUT2D eigenvalue weighted by molar-refractivity contribution is 5.59. The van der Waals surface area contributed by atoms with Crippen LogP contribution in [-0.2, 0) is 6.42 Å². The van der Waals surface area contributed by atoms with Crippen LogP contribution < -0.4 is 16.2 Å². The zero-order valence-corrected chi connectivity index (χ0v) is 12.2. The average Bonchev–Trinajstić information content (AvgIpc) is 3.21. The van der Waals surface area contributed by atoms with Gasteiger partial charge in [-0.1, -0.05) is 6.92 Å². The zero-order chi connectivity index (χ0) is 15.6. The highest BCUT2D eigenvalue weighted by atomic mass is 19.4. The fraction of sp³-hybridized carbons (Fsp3) is 0.692. The second-order valence-electron chi connectivity index (χ2n) is 5.31. The summed E-state index contributed by atoms with van der Waals surface area (Å²) in [6.07, 6.45) is -1.33. The molecule has 0 amide bonds. The maximum absolute atomic E-state index is 12.8. The molecule has 1 aliphatic carbocycles. The molecule has 0 atom stereocenters. The fourth-order valence-electron chi connectivity index (χ4n) is 2.26. The summed E-state index contributed by atoms with van der Waals surface area (Å²) in [5.41, 5.74) is 3.00. The Bertz CT molecular complexity index is 499. The number of halogens is 3. The van der Waals surface area contributed by atoms with Gasteiger partial charge in [0.15, 0.2) is 0 Å². The minimum Gasteiger partial charge on any atom is -0.344 e. The largest absolute Gasteiger partial charge is 0.405 e. The number of nitrogens with two attached hydrogens (primary N) is 1. The van der Waals surface area contributed by atoms with Crippen LogP contribution in [0.25, 0.3) is 0 Å². The Morgan fingerprint density at radius 2 is 2.00 bits per heavy atom. The van der Waals surface area contributed by atoms with E-state index in [-0.39, 0.29) is 6.04 Å². The average molecular weight is 303 g/mol. The molecule has 0 aromatic carbocycles. The van der Waals surface area contributed by atoms with Gasteiger partial charge in [-0.05, 0) is 26.2 Å². The summed E-state index contributed by atoms with van der Waals surface area (Å²) in [5, 5.41) is 0. The molecule has 5 nitrogen and oxygen atoms in total. The summed E-state index contributed by atoms with van der Waals surface area (Å²) < 4.78 is 38.5. The number of nitrogen functional groups attached to an aromatic ring is 1. The number of aromatic nitrogens is 2. The molecular formula is C13H20F3N5. The van der Waals surface area contributed by atoms with E-state index in [1.54, 1.807) is 6.92 Å². The molecule has 3 N–H and O–H groups in total. The molecule has 0 radical (unpaired) electrons. The third kappa shape index (κ3) is 3.96. The van der Waals surface area contributed by atoms with Crippen molar-refractivity contribution in [2.45, 2.75) is 51.7 Å². The molecule has 0 aliphatic heterocycles. The van der Waals surface area contributed by atoms with E-state index in [0.717, 1.165) is 19.3 Å². The second-order valence-corrected chi connectivity index (χ2v) is 5.31. The Kier molecular flexibility index (Phi) is 4.55. The SMILES string of the molecule is CCCc1nc(NN)c(C)c(N(CC(F)(F)F)C2CC2)n1. The number of nitrogens with zero attached hydrogens (tertiary/aromatic N) is 3. The highest BCUT2D eigenvalue weighted by Gasteiger charge is 2.39. The van der Waals surface area contributed by atoms with E-state index in [1.165, 1.54) is 4.90 Å². The van der Waals surface area contributed by atoms with E-state index in [4.69, 9.17) is 5.84 Å². The van der Waals surface area contributed by atoms with Crippen molar-refractivity contribution < 1.29 is 13.2 Å². The smallest absolute Gasteiger partial charge is 0.344 e. The van der Waals surface area contributed by atoms with Crippen molar-refractivity contribution in [1.29, 1.82) is 0 Å². The van der Waals surface area contributed by atoms with Gasteiger partial charge in [-0.15, -0.1) is 0 Å². The lowest BCUT2D eigenvalue weighted by molar-refractivity contribution is -0.120. The van der Waals surface area contributed by atoms with Crippen molar-refractivity contribution in [3.8, 4) is 0 Å². The topological polar surface area (TPSA) is 67.1 Å². The fourth-order valence-corrected chi connectivity index (χ4v) is 2.26. The summed E-state index contributed by atoms with van der Waals surface area (Å²) in [6, 6.07) is -0.0969. The van der Waals surface area contributed by atoms with Crippen LogP contribution in [0.3, 0.4) is 0 Å². The van der Waals surface area contributed by atoms with Gasteiger partial charge in [-0.25, -0.2) is 15.8 Å². The molecular weight excluding hydrogens is 283 g/mol. The number of rotatable bonds is 6. The van der Waals surface area contributed by atoms with Crippen molar-refractivity contribution in [1.82, 2.24) is 9.97 Å². The van der Waals surface area contributed by atoms with E-state index in [2.05, 4.69) is 15.4 Å². The molecule has 0 bridgehead atoms. The molecule has 0 unspecified atom stereocenters. The van der Waals surface area contributed by atoms with Gasteiger partial charge in [-0.3, -0.25) is 0 Å². The summed E-state index contributed by atoms with van der Waals surface area (Å²) in [6.45, 7) is 2.66. The highest BCUT2D eigenvalue weighted by Crippen LogP contribution is 2.36. The molecule has 8 heteroatoms. The monoisotopic (exact) mass is 303 g/mol. The van der Waals surface area contributed by atoms with Gasteiger partial charge < -0.3 is 10.3 Å². The Hall–Kier alpha value is -1.57. The predicted molar refractivity (Wildman–Crippen MR) is 75.0 cm³/mol. The first-order chi connectivity index (χ1) is 9.85. The third-order valence-corrected chi connectivity index (χ3v) is 3.39. The molecule has 1 heterocycles. The minimum atomic E-state index is -4.26. The van der Waals surface area contributed by atoms with Gasteiger partial charge in [0, 0.05) is 18.0 Å². The number of anilines is 2. The number of hydrogen-bond donors (Lipinski definition) is 2. The molecule has 1 aliphatic rings. The molecule has 1 saturated carbocycles. The zero-order valence-electron chi connectivity index (χ0n) is 12.2. The van der Waals surface area contributed by atoms with Crippen LogP contribution in [0.2, 0.25) is 0 Å². The molecule has 1 fully saturated rings. The molecule has 1 aromatic rings. The lowest BCUT2D eigenvalue weighted by atomic mass is 10.2. The summed E-state index contributed by atoms with van der Waals surface area (Å²) in [7, 11) is 0. The van der Waals surface area contributed by atoms with Gasteiger partial charge in [0.25, 0.3) is 0 Å². The van der Waals surface area contributed by atoms with Crippen LogP contribution in [0.15, 0.2) is 0 Å². The van der Waals surface area contributed by atoms with Crippen molar-refractivity contribution in [3.63, 3.8) is 0 Å². The van der Waals surface area contributed by atoms with Crippen LogP contribution in [0.1, 0.15) is 37.6 Å². The number of alkyl halides is 3.